The maximum absolute atomic E-state index is 10.5. The molecular weight excluding hydrogens is 172 g/mol. The molecule has 1 aliphatic carbocycles. The zero-order chi connectivity index (χ0) is 9.90. The summed E-state index contributed by atoms with van der Waals surface area (Å²) in [6.07, 6.45) is 3.07. The molecule has 1 aliphatic rings. The van der Waals surface area contributed by atoms with Crippen molar-refractivity contribution in [1.82, 2.24) is 0 Å². The molecule has 72 valence electrons. The van der Waals surface area contributed by atoms with Gasteiger partial charge in [0.2, 0.25) is 0 Å². The molecule has 0 aromatic rings. The summed E-state index contributed by atoms with van der Waals surface area (Å²) >= 11 is 0. The van der Waals surface area contributed by atoms with E-state index in [2.05, 4.69) is 0 Å². The Morgan fingerprint density at radius 1 is 1.69 bits per heavy atom. The zero-order valence-corrected chi connectivity index (χ0v) is 7.36. The highest BCUT2D eigenvalue weighted by molar-refractivity contribution is 5.79. The van der Waals surface area contributed by atoms with Gasteiger partial charge < -0.3 is 14.9 Å². The van der Waals surface area contributed by atoms with Crippen LogP contribution in [-0.4, -0.2) is 28.9 Å². The summed E-state index contributed by atoms with van der Waals surface area (Å²) < 4.78 is 5.10. The fourth-order valence-electron chi connectivity index (χ4n) is 1.13. The molecule has 0 aromatic heterocycles. The van der Waals surface area contributed by atoms with E-state index in [9.17, 15) is 15.0 Å². The van der Waals surface area contributed by atoms with Gasteiger partial charge in [0, 0.05) is 0 Å². The summed E-state index contributed by atoms with van der Waals surface area (Å²) in [5, 5.41) is 18.4. The molecule has 0 spiro atoms. The van der Waals surface area contributed by atoms with Crippen LogP contribution in [0.3, 0.4) is 0 Å². The van der Waals surface area contributed by atoms with Crippen LogP contribution in [0.5, 0.6) is 0 Å². The maximum Gasteiger partial charge on any atom is 0.190 e. The second-order valence-electron chi connectivity index (χ2n) is 2.82. The molecule has 0 fully saturated rings. The van der Waals surface area contributed by atoms with Crippen LogP contribution in [0.2, 0.25) is 0 Å². The third-order valence-corrected chi connectivity index (χ3v) is 1.72. The molecule has 0 unspecified atom stereocenters. The van der Waals surface area contributed by atoms with Crippen LogP contribution in [0.4, 0.5) is 0 Å². The normalized spacial score (nSPS) is 20.2. The number of hydrogen-bond donors (Lipinski definition) is 2. The van der Waals surface area contributed by atoms with Crippen molar-refractivity contribution in [2.75, 3.05) is 6.61 Å². The Morgan fingerprint density at radius 2 is 2.38 bits per heavy atom. The number of aliphatic hydroxyl groups is 2. The van der Waals surface area contributed by atoms with Gasteiger partial charge in [0.1, 0.15) is 5.76 Å². The van der Waals surface area contributed by atoms with Gasteiger partial charge in [-0.2, -0.15) is 0 Å². The van der Waals surface area contributed by atoms with Crippen molar-refractivity contribution >= 4 is 6.29 Å². The van der Waals surface area contributed by atoms with Crippen LogP contribution < -0.4 is 0 Å². The van der Waals surface area contributed by atoms with E-state index in [-0.39, 0.29) is 6.42 Å². The standard InChI is InChI=1S/C9H12O4/c1-2-13-8-5-9(11,12)4-3-7(8)6-10/h3-4,6,11-12H,2,5H2,1H3. The van der Waals surface area contributed by atoms with Gasteiger partial charge in [-0.1, -0.05) is 0 Å². The van der Waals surface area contributed by atoms with Gasteiger partial charge in [0.15, 0.2) is 12.1 Å². The minimum atomic E-state index is -1.89. The molecule has 0 heterocycles. The van der Waals surface area contributed by atoms with Crippen LogP contribution in [0.15, 0.2) is 23.5 Å². The largest absolute Gasteiger partial charge is 0.497 e. The van der Waals surface area contributed by atoms with Crippen molar-refractivity contribution in [2.45, 2.75) is 19.1 Å². The van der Waals surface area contributed by atoms with Crippen molar-refractivity contribution in [2.24, 2.45) is 0 Å². The van der Waals surface area contributed by atoms with E-state index in [0.717, 1.165) is 0 Å². The Bertz CT molecular complexity index is 263. The number of carbonyl (C=O) groups is 1. The Morgan fingerprint density at radius 3 is 2.92 bits per heavy atom. The van der Waals surface area contributed by atoms with Crippen LogP contribution >= 0.6 is 0 Å². The summed E-state index contributed by atoms with van der Waals surface area (Å²) in [5.74, 6) is -1.57. The molecule has 4 heteroatoms. The summed E-state index contributed by atoms with van der Waals surface area (Å²) in [7, 11) is 0. The van der Waals surface area contributed by atoms with Gasteiger partial charge in [-0.25, -0.2) is 0 Å². The predicted molar refractivity (Wildman–Crippen MR) is 45.6 cm³/mol. The fraction of sp³-hybridized carbons (Fsp3) is 0.444. The van der Waals surface area contributed by atoms with E-state index in [1.165, 1.54) is 12.2 Å². The lowest BCUT2D eigenvalue weighted by atomic mass is 10.0. The van der Waals surface area contributed by atoms with Crippen LogP contribution in [0, 0.1) is 0 Å². The Hall–Kier alpha value is -1.13. The third-order valence-electron chi connectivity index (χ3n) is 1.72. The molecule has 0 aliphatic heterocycles. The van der Waals surface area contributed by atoms with E-state index >= 15 is 0 Å². The fourth-order valence-corrected chi connectivity index (χ4v) is 1.13. The van der Waals surface area contributed by atoms with Crippen molar-refractivity contribution in [3.8, 4) is 0 Å². The number of hydrogen-bond acceptors (Lipinski definition) is 4. The minimum Gasteiger partial charge on any atom is -0.497 e. The lowest BCUT2D eigenvalue weighted by Crippen LogP contribution is -2.29. The summed E-state index contributed by atoms with van der Waals surface area (Å²) in [5.41, 5.74) is 0.362. The molecule has 13 heavy (non-hydrogen) atoms. The number of aldehydes is 1. The molecule has 0 saturated carbocycles. The Balaban J connectivity index is 2.88. The van der Waals surface area contributed by atoms with Gasteiger partial charge in [-0.05, 0) is 19.1 Å². The van der Waals surface area contributed by atoms with Crippen LogP contribution in [0.1, 0.15) is 13.3 Å². The number of ether oxygens (including phenoxy) is 1. The first-order chi connectivity index (χ1) is 6.09. The molecule has 2 N–H and O–H groups in total. The highest BCUT2D eigenvalue weighted by atomic mass is 16.5. The SMILES string of the molecule is CCOC1=C(C=O)C=CC(O)(O)C1. The molecule has 0 saturated heterocycles. The number of allylic oxidation sites excluding steroid dienone is 2. The summed E-state index contributed by atoms with van der Waals surface area (Å²) in [6.45, 7) is 2.17. The molecule has 1 rings (SSSR count). The van der Waals surface area contributed by atoms with E-state index < -0.39 is 5.79 Å². The lowest BCUT2D eigenvalue weighted by Gasteiger charge is -2.23. The van der Waals surface area contributed by atoms with Crippen molar-refractivity contribution in [3.05, 3.63) is 23.5 Å². The smallest absolute Gasteiger partial charge is 0.190 e. The van der Waals surface area contributed by atoms with E-state index in [4.69, 9.17) is 4.74 Å². The monoisotopic (exact) mass is 184 g/mol. The Kier molecular flexibility index (Phi) is 2.85. The second kappa shape index (κ2) is 3.72. The van der Waals surface area contributed by atoms with Gasteiger partial charge in [-0.3, -0.25) is 4.79 Å². The average molecular weight is 184 g/mol. The predicted octanol–water partition coefficient (Wildman–Crippen LogP) is 0.117. The number of carbonyl (C=O) groups excluding carboxylic acids is 1. The van der Waals surface area contributed by atoms with Gasteiger partial charge in [0.05, 0.1) is 18.6 Å². The average Bonchev–Trinajstić information content (AvgIpc) is 2.04. The maximum atomic E-state index is 10.5. The van der Waals surface area contributed by atoms with Gasteiger partial charge >= 0.3 is 0 Å². The van der Waals surface area contributed by atoms with Crippen molar-refractivity contribution < 1.29 is 19.7 Å². The molecule has 0 radical (unpaired) electrons. The lowest BCUT2D eigenvalue weighted by molar-refractivity contribution is -0.125. The highest BCUT2D eigenvalue weighted by Crippen LogP contribution is 2.24. The van der Waals surface area contributed by atoms with Crippen molar-refractivity contribution in [3.63, 3.8) is 0 Å². The molecular formula is C9H12O4. The first-order valence-corrected chi connectivity index (χ1v) is 4.04. The molecule has 0 aromatic carbocycles. The van der Waals surface area contributed by atoms with Gasteiger partial charge in [0.25, 0.3) is 0 Å². The van der Waals surface area contributed by atoms with Gasteiger partial charge in [-0.15, -0.1) is 0 Å². The molecule has 0 atom stereocenters. The summed E-state index contributed by atoms with van der Waals surface area (Å²) in [4.78, 5) is 10.5. The number of rotatable bonds is 3. The van der Waals surface area contributed by atoms with Crippen LogP contribution in [-0.2, 0) is 9.53 Å². The topological polar surface area (TPSA) is 66.8 Å². The highest BCUT2D eigenvalue weighted by Gasteiger charge is 2.27. The first-order valence-electron chi connectivity index (χ1n) is 4.04. The quantitative estimate of drug-likeness (QED) is 0.483. The van der Waals surface area contributed by atoms with E-state index in [1.807, 2.05) is 0 Å². The summed E-state index contributed by atoms with van der Waals surface area (Å²) in [6, 6.07) is 0. The minimum absolute atomic E-state index is 0.0780. The molecule has 0 amide bonds. The molecule has 4 nitrogen and oxygen atoms in total. The van der Waals surface area contributed by atoms with Crippen molar-refractivity contribution in [1.29, 1.82) is 0 Å². The molecule has 0 bridgehead atoms. The first kappa shape index (κ1) is 9.95. The van der Waals surface area contributed by atoms with E-state index in [1.54, 1.807) is 6.92 Å². The zero-order valence-electron chi connectivity index (χ0n) is 7.36. The third kappa shape index (κ3) is 2.40. The van der Waals surface area contributed by atoms with Crippen LogP contribution in [0.25, 0.3) is 0 Å². The second-order valence-corrected chi connectivity index (χ2v) is 2.82. The van der Waals surface area contributed by atoms with E-state index in [0.29, 0.717) is 24.2 Å². The Labute approximate surface area is 76.1 Å².